The van der Waals surface area contributed by atoms with Gasteiger partial charge in [-0.25, -0.2) is 0 Å². The first-order valence-electron chi connectivity index (χ1n) is 7.01. The van der Waals surface area contributed by atoms with Gasteiger partial charge in [-0.3, -0.25) is 14.5 Å². The van der Waals surface area contributed by atoms with Crippen LogP contribution in [0.5, 0.6) is 0 Å². The minimum absolute atomic E-state index is 0.00197. The second kappa shape index (κ2) is 6.41. The Bertz CT molecular complexity index is 514. The van der Waals surface area contributed by atoms with E-state index in [1.54, 1.807) is 6.92 Å². The molecule has 0 spiro atoms. The predicted molar refractivity (Wildman–Crippen MR) is 77.7 cm³/mol. The molecule has 0 atom stereocenters. The van der Waals surface area contributed by atoms with Gasteiger partial charge in [-0.1, -0.05) is 0 Å². The molecule has 0 unspecified atom stereocenters. The van der Waals surface area contributed by atoms with Gasteiger partial charge in [-0.15, -0.1) is 0 Å². The van der Waals surface area contributed by atoms with Crippen LogP contribution in [0.1, 0.15) is 6.92 Å². The van der Waals surface area contributed by atoms with E-state index in [4.69, 9.17) is 9.47 Å². The molecule has 116 valence electrons. The zero-order chi connectivity index (χ0) is 15.6. The van der Waals surface area contributed by atoms with Crippen LogP contribution in [0, 0.1) is 0 Å². The Morgan fingerprint density at radius 1 is 0.952 bits per heavy atom. The number of hydrogen-bond donors (Lipinski definition) is 0. The molecule has 0 bridgehead atoms. The number of methoxy groups -OCH3 is 2. The Labute approximate surface area is 125 Å². The molecule has 2 aliphatic rings. The van der Waals surface area contributed by atoms with Crippen molar-refractivity contribution < 1.29 is 19.1 Å². The molecule has 21 heavy (non-hydrogen) atoms. The summed E-state index contributed by atoms with van der Waals surface area (Å²) in [5, 5.41) is 0. The number of hydrogen-bond acceptors (Lipinski definition) is 6. The molecule has 1 aliphatic carbocycles. The fourth-order valence-electron chi connectivity index (χ4n) is 2.61. The third-order valence-electron chi connectivity index (χ3n) is 4.07. The average molecular weight is 294 g/mol. The summed E-state index contributed by atoms with van der Waals surface area (Å²) in [5.41, 5.74) is 0.971. The largest absolute Gasteiger partial charge is 0.489 e. The number of likely N-dealkylation sites (N-methyl/N-ethyl adjacent to an activating group) is 1. The zero-order valence-corrected chi connectivity index (χ0v) is 13.1. The SMILES string of the molecule is COC1=C(OC)C(=O)C(CN2CCN(C)CC2)=C(C)C1=O. The van der Waals surface area contributed by atoms with Crippen LogP contribution in [-0.2, 0) is 19.1 Å². The summed E-state index contributed by atoms with van der Waals surface area (Å²) >= 11 is 0. The van der Waals surface area contributed by atoms with E-state index in [1.165, 1.54) is 14.2 Å². The second-order valence-corrected chi connectivity index (χ2v) is 5.41. The van der Waals surface area contributed by atoms with Crippen molar-refractivity contribution in [1.82, 2.24) is 9.80 Å². The fourth-order valence-corrected chi connectivity index (χ4v) is 2.61. The molecule has 1 saturated heterocycles. The lowest BCUT2D eigenvalue weighted by Crippen LogP contribution is -2.46. The Balaban J connectivity index is 2.21. The molecule has 0 amide bonds. The highest BCUT2D eigenvalue weighted by Gasteiger charge is 2.35. The van der Waals surface area contributed by atoms with Gasteiger partial charge in [0.1, 0.15) is 0 Å². The molecule has 0 aromatic rings. The van der Waals surface area contributed by atoms with Gasteiger partial charge in [0.25, 0.3) is 0 Å². The van der Waals surface area contributed by atoms with Crippen LogP contribution in [0.2, 0.25) is 0 Å². The quantitative estimate of drug-likeness (QED) is 0.691. The van der Waals surface area contributed by atoms with Crippen LogP contribution in [0.15, 0.2) is 22.7 Å². The van der Waals surface area contributed by atoms with E-state index in [2.05, 4.69) is 16.8 Å². The fraction of sp³-hybridized carbons (Fsp3) is 0.600. The Morgan fingerprint density at radius 2 is 1.48 bits per heavy atom. The van der Waals surface area contributed by atoms with Crippen LogP contribution in [0.4, 0.5) is 0 Å². The molecular weight excluding hydrogens is 272 g/mol. The number of carbonyl (C=O) groups excluding carboxylic acids is 2. The molecule has 0 aromatic carbocycles. The highest BCUT2D eigenvalue weighted by molar-refractivity contribution is 6.23. The molecule has 0 aromatic heterocycles. The van der Waals surface area contributed by atoms with Crippen LogP contribution < -0.4 is 0 Å². The zero-order valence-electron chi connectivity index (χ0n) is 13.1. The van der Waals surface area contributed by atoms with Gasteiger partial charge < -0.3 is 14.4 Å². The Hall–Kier alpha value is -1.66. The first kappa shape index (κ1) is 15.7. The lowest BCUT2D eigenvalue weighted by molar-refractivity contribution is -0.121. The lowest BCUT2D eigenvalue weighted by Gasteiger charge is -2.33. The van der Waals surface area contributed by atoms with Gasteiger partial charge in [-0.2, -0.15) is 0 Å². The van der Waals surface area contributed by atoms with Crippen molar-refractivity contribution in [2.45, 2.75) is 6.92 Å². The number of ether oxygens (including phenoxy) is 2. The van der Waals surface area contributed by atoms with Gasteiger partial charge >= 0.3 is 0 Å². The number of rotatable bonds is 4. The normalized spacial score (nSPS) is 22.1. The van der Waals surface area contributed by atoms with Gasteiger partial charge in [0, 0.05) is 43.9 Å². The van der Waals surface area contributed by atoms with E-state index >= 15 is 0 Å². The first-order chi connectivity index (χ1) is 9.99. The Morgan fingerprint density at radius 3 is 2.00 bits per heavy atom. The maximum Gasteiger partial charge on any atom is 0.229 e. The van der Waals surface area contributed by atoms with Crippen LogP contribution >= 0.6 is 0 Å². The minimum atomic E-state index is -0.266. The summed E-state index contributed by atoms with van der Waals surface area (Å²) in [7, 11) is 4.83. The highest BCUT2D eigenvalue weighted by atomic mass is 16.5. The van der Waals surface area contributed by atoms with Gasteiger partial charge in [-0.05, 0) is 14.0 Å². The molecule has 1 fully saturated rings. The number of Topliss-reactive ketones (excluding diaryl/α,β-unsaturated/α-hetero) is 2. The molecule has 0 saturated carbocycles. The van der Waals surface area contributed by atoms with Crippen molar-refractivity contribution in [2.24, 2.45) is 0 Å². The molecule has 2 rings (SSSR count). The third kappa shape index (κ3) is 3.01. The third-order valence-corrected chi connectivity index (χ3v) is 4.07. The summed E-state index contributed by atoms with van der Waals surface area (Å²) in [6, 6.07) is 0. The number of allylic oxidation sites excluding steroid dienone is 2. The summed E-state index contributed by atoms with van der Waals surface area (Å²) in [4.78, 5) is 29.2. The lowest BCUT2D eigenvalue weighted by atomic mass is 9.92. The second-order valence-electron chi connectivity index (χ2n) is 5.41. The maximum absolute atomic E-state index is 12.5. The number of piperazine rings is 1. The number of nitrogens with zero attached hydrogens (tertiary/aromatic N) is 2. The van der Waals surface area contributed by atoms with E-state index in [-0.39, 0.29) is 23.1 Å². The summed E-state index contributed by atoms with van der Waals surface area (Å²) < 4.78 is 10.1. The molecule has 0 radical (unpaired) electrons. The highest BCUT2D eigenvalue weighted by Crippen LogP contribution is 2.26. The van der Waals surface area contributed by atoms with Crippen LogP contribution in [-0.4, -0.2) is 75.4 Å². The molecule has 6 heteroatoms. The predicted octanol–water partition coefficient (Wildman–Crippen LogP) is 0.207. The van der Waals surface area contributed by atoms with E-state index in [1.807, 2.05) is 0 Å². The molecular formula is C15H22N2O4. The van der Waals surface area contributed by atoms with Crippen molar-refractivity contribution in [2.75, 3.05) is 54.0 Å². The van der Waals surface area contributed by atoms with Gasteiger partial charge in [0.2, 0.25) is 23.1 Å². The first-order valence-corrected chi connectivity index (χ1v) is 7.01. The standard InChI is InChI=1S/C15H22N2O4/c1-10-11(9-17-7-5-16(2)6-8-17)13(19)15(21-4)14(20-3)12(10)18/h5-9H2,1-4H3. The molecule has 1 heterocycles. The van der Waals surface area contributed by atoms with Crippen molar-refractivity contribution in [3.05, 3.63) is 22.7 Å². The summed E-state index contributed by atoms with van der Waals surface area (Å²) in [6.07, 6.45) is 0. The monoisotopic (exact) mass is 294 g/mol. The van der Waals surface area contributed by atoms with Crippen LogP contribution in [0.3, 0.4) is 0 Å². The van der Waals surface area contributed by atoms with Crippen molar-refractivity contribution in [1.29, 1.82) is 0 Å². The number of carbonyl (C=O) groups is 2. The average Bonchev–Trinajstić information content (AvgIpc) is 2.49. The summed E-state index contributed by atoms with van der Waals surface area (Å²) in [5.74, 6) is -0.497. The van der Waals surface area contributed by atoms with E-state index in [9.17, 15) is 9.59 Å². The van der Waals surface area contributed by atoms with Gasteiger partial charge in [0.15, 0.2) is 0 Å². The van der Waals surface area contributed by atoms with E-state index < -0.39 is 0 Å². The number of ketones is 2. The molecule has 0 N–H and O–H groups in total. The van der Waals surface area contributed by atoms with Gasteiger partial charge in [0.05, 0.1) is 14.2 Å². The minimum Gasteiger partial charge on any atom is -0.489 e. The van der Waals surface area contributed by atoms with E-state index in [0.717, 1.165) is 26.2 Å². The molecule has 1 aliphatic heterocycles. The smallest absolute Gasteiger partial charge is 0.229 e. The van der Waals surface area contributed by atoms with Crippen molar-refractivity contribution in [3.8, 4) is 0 Å². The van der Waals surface area contributed by atoms with E-state index in [0.29, 0.717) is 17.7 Å². The topological polar surface area (TPSA) is 59.1 Å². The maximum atomic E-state index is 12.5. The summed E-state index contributed by atoms with van der Waals surface area (Å²) in [6.45, 7) is 5.86. The van der Waals surface area contributed by atoms with Crippen LogP contribution in [0.25, 0.3) is 0 Å². The van der Waals surface area contributed by atoms with Crippen molar-refractivity contribution >= 4 is 11.6 Å². The van der Waals surface area contributed by atoms with Crippen molar-refractivity contribution in [3.63, 3.8) is 0 Å². The molecule has 6 nitrogen and oxygen atoms in total. The Kier molecular flexibility index (Phi) is 4.80.